The summed E-state index contributed by atoms with van der Waals surface area (Å²) in [7, 11) is 0. The fraction of sp³-hybridized carbons (Fsp3) is 0.0625. The number of halogens is 1. The summed E-state index contributed by atoms with van der Waals surface area (Å²) in [5, 5.41) is 10.0. The number of benzene rings is 1. The van der Waals surface area contributed by atoms with Crippen molar-refractivity contribution in [3.8, 4) is 5.69 Å². The van der Waals surface area contributed by atoms with Gasteiger partial charge in [-0.05, 0) is 48.2 Å². The number of carboxylic acids is 1. The van der Waals surface area contributed by atoms with Crippen molar-refractivity contribution in [1.29, 1.82) is 0 Å². The zero-order chi connectivity index (χ0) is 17.3. The smallest absolute Gasteiger partial charge is 0.293 e. The third-order valence-electron chi connectivity index (χ3n) is 3.31. The molecular formula is C16H10BrN2O4S-. The van der Waals surface area contributed by atoms with Crippen molar-refractivity contribution >= 4 is 50.9 Å². The van der Waals surface area contributed by atoms with E-state index in [1.54, 1.807) is 12.1 Å². The molecule has 1 saturated heterocycles. The third kappa shape index (κ3) is 3.29. The van der Waals surface area contributed by atoms with Crippen LogP contribution in [0.3, 0.4) is 0 Å². The van der Waals surface area contributed by atoms with Gasteiger partial charge in [-0.3, -0.25) is 14.5 Å². The van der Waals surface area contributed by atoms with Crippen LogP contribution < -0.4 is 5.11 Å². The van der Waals surface area contributed by atoms with Gasteiger partial charge in [0.2, 0.25) is 0 Å². The molecule has 8 heteroatoms. The Morgan fingerprint density at radius 1 is 1.25 bits per heavy atom. The third-order valence-corrected chi connectivity index (χ3v) is 4.71. The number of rotatable bonds is 4. The lowest BCUT2D eigenvalue weighted by Gasteiger charge is -2.12. The van der Waals surface area contributed by atoms with Crippen LogP contribution in [0, 0.1) is 0 Å². The fourth-order valence-electron chi connectivity index (χ4n) is 2.27. The quantitative estimate of drug-likeness (QED) is 0.726. The number of hydrogen-bond acceptors (Lipinski definition) is 5. The van der Waals surface area contributed by atoms with Gasteiger partial charge in [-0.15, -0.1) is 0 Å². The number of aromatic nitrogens is 1. The van der Waals surface area contributed by atoms with Crippen LogP contribution in [-0.4, -0.2) is 33.1 Å². The van der Waals surface area contributed by atoms with Crippen LogP contribution in [0.1, 0.15) is 5.69 Å². The summed E-state index contributed by atoms with van der Waals surface area (Å²) >= 11 is 4.12. The Kier molecular flexibility index (Phi) is 4.59. The fourth-order valence-corrected chi connectivity index (χ4v) is 3.48. The largest absolute Gasteiger partial charge is 0.548 e. The maximum Gasteiger partial charge on any atom is 0.293 e. The average molecular weight is 406 g/mol. The predicted molar refractivity (Wildman–Crippen MR) is 91.2 cm³/mol. The van der Waals surface area contributed by atoms with E-state index >= 15 is 0 Å². The highest BCUT2D eigenvalue weighted by molar-refractivity contribution is 9.10. The van der Waals surface area contributed by atoms with E-state index in [9.17, 15) is 19.5 Å². The molecule has 2 amide bonds. The number of imide groups is 1. The maximum atomic E-state index is 12.2. The molecule has 1 aliphatic heterocycles. The van der Waals surface area contributed by atoms with Crippen molar-refractivity contribution in [1.82, 2.24) is 9.47 Å². The molecule has 1 fully saturated rings. The number of aliphatic carboxylic acids is 1. The first-order valence-electron chi connectivity index (χ1n) is 6.84. The van der Waals surface area contributed by atoms with E-state index in [2.05, 4.69) is 15.9 Å². The van der Waals surface area contributed by atoms with Gasteiger partial charge in [0.05, 0.1) is 17.4 Å². The highest BCUT2D eigenvalue weighted by Gasteiger charge is 2.35. The molecule has 2 aromatic rings. The molecule has 3 rings (SSSR count). The van der Waals surface area contributed by atoms with Crippen molar-refractivity contribution in [3.63, 3.8) is 0 Å². The van der Waals surface area contributed by atoms with E-state index in [0.29, 0.717) is 22.4 Å². The molecule has 0 saturated carbocycles. The van der Waals surface area contributed by atoms with Gasteiger partial charge in [0.15, 0.2) is 0 Å². The summed E-state index contributed by atoms with van der Waals surface area (Å²) in [4.78, 5) is 35.5. The molecule has 0 spiro atoms. The van der Waals surface area contributed by atoms with Crippen LogP contribution in [0.25, 0.3) is 11.8 Å². The summed E-state index contributed by atoms with van der Waals surface area (Å²) in [5.74, 6) is -2.10. The van der Waals surface area contributed by atoms with Crippen LogP contribution in [0.4, 0.5) is 4.79 Å². The van der Waals surface area contributed by atoms with Gasteiger partial charge in [-0.2, -0.15) is 0 Å². The molecule has 0 N–H and O–H groups in total. The van der Waals surface area contributed by atoms with Crippen LogP contribution in [0.2, 0.25) is 0 Å². The van der Waals surface area contributed by atoms with Crippen molar-refractivity contribution in [2.45, 2.75) is 0 Å². The second-order valence-electron chi connectivity index (χ2n) is 4.92. The molecule has 0 radical (unpaired) electrons. The number of amides is 2. The molecule has 1 aliphatic rings. The summed E-state index contributed by atoms with van der Waals surface area (Å²) in [5.41, 5.74) is 1.58. The monoisotopic (exact) mass is 405 g/mol. The standard InChI is InChI=1S/C16H11BrN2O4S/c17-10-3-1-4-11(7-10)18-6-2-5-12(18)8-13-15(22)19(9-14(20)21)16(23)24-13/h1-8H,9H2,(H,20,21)/p-1/b13-8-. The summed E-state index contributed by atoms with van der Waals surface area (Å²) < 4.78 is 2.77. The minimum Gasteiger partial charge on any atom is -0.548 e. The van der Waals surface area contributed by atoms with Crippen LogP contribution in [0.15, 0.2) is 52.0 Å². The molecule has 6 nitrogen and oxygen atoms in total. The molecule has 0 unspecified atom stereocenters. The van der Waals surface area contributed by atoms with Gasteiger partial charge < -0.3 is 14.5 Å². The second kappa shape index (κ2) is 6.66. The van der Waals surface area contributed by atoms with Crippen molar-refractivity contribution < 1.29 is 19.5 Å². The number of carboxylic acid groups (broad SMARTS) is 1. The molecule has 0 aliphatic carbocycles. The Balaban J connectivity index is 1.93. The number of nitrogens with zero attached hydrogens (tertiary/aromatic N) is 2. The van der Waals surface area contributed by atoms with Crippen molar-refractivity contribution in [3.05, 3.63) is 57.7 Å². The van der Waals surface area contributed by atoms with E-state index in [1.807, 2.05) is 41.1 Å². The van der Waals surface area contributed by atoms with Gasteiger partial charge in [-0.1, -0.05) is 22.0 Å². The lowest BCUT2D eigenvalue weighted by Crippen LogP contribution is -2.40. The van der Waals surface area contributed by atoms with Gasteiger partial charge in [0.1, 0.15) is 0 Å². The Labute approximate surface area is 149 Å². The van der Waals surface area contributed by atoms with Crippen molar-refractivity contribution in [2.75, 3.05) is 6.54 Å². The molecule has 0 atom stereocenters. The van der Waals surface area contributed by atoms with Crippen LogP contribution in [0.5, 0.6) is 0 Å². The zero-order valence-corrected chi connectivity index (χ0v) is 14.5. The van der Waals surface area contributed by atoms with Crippen molar-refractivity contribution in [2.24, 2.45) is 0 Å². The Bertz CT molecular complexity index is 874. The van der Waals surface area contributed by atoms with E-state index in [4.69, 9.17) is 0 Å². The first kappa shape index (κ1) is 16.5. The molecule has 122 valence electrons. The number of thioether (sulfide) groups is 1. The Hall–Kier alpha value is -2.32. The van der Waals surface area contributed by atoms with Gasteiger partial charge in [0.25, 0.3) is 11.1 Å². The molecule has 1 aromatic heterocycles. The van der Waals surface area contributed by atoms with Gasteiger partial charge in [-0.25, -0.2) is 0 Å². The van der Waals surface area contributed by atoms with Crippen LogP contribution in [-0.2, 0) is 9.59 Å². The van der Waals surface area contributed by atoms with E-state index in [-0.39, 0.29) is 4.91 Å². The molecule has 2 heterocycles. The minimum atomic E-state index is -1.48. The number of carbonyl (C=O) groups excluding carboxylic acids is 3. The lowest BCUT2D eigenvalue weighted by atomic mass is 10.3. The van der Waals surface area contributed by atoms with E-state index in [0.717, 1.165) is 10.2 Å². The topological polar surface area (TPSA) is 82.4 Å². The lowest BCUT2D eigenvalue weighted by molar-refractivity contribution is -0.305. The van der Waals surface area contributed by atoms with Gasteiger partial charge >= 0.3 is 0 Å². The SMILES string of the molecule is O=C([O-])CN1C(=O)S/C(=C\c2cccn2-c2cccc(Br)c2)C1=O. The number of hydrogen-bond donors (Lipinski definition) is 0. The Morgan fingerprint density at radius 2 is 2.04 bits per heavy atom. The normalized spacial score (nSPS) is 16.2. The highest BCUT2D eigenvalue weighted by Crippen LogP contribution is 2.32. The summed E-state index contributed by atoms with van der Waals surface area (Å²) in [6.45, 7) is -0.741. The average Bonchev–Trinajstić information content (AvgIpc) is 3.08. The highest BCUT2D eigenvalue weighted by atomic mass is 79.9. The summed E-state index contributed by atoms with van der Waals surface area (Å²) in [6, 6.07) is 11.2. The van der Waals surface area contributed by atoms with Gasteiger partial charge in [0, 0.05) is 22.1 Å². The second-order valence-corrected chi connectivity index (χ2v) is 6.83. The molecule has 1 aromatic carbocycles. The maximum absolute atomic E-state index is 12.2. The molecule has 24 heavy (non-hydrogen) atoms. The first-order chi connectivity index (χ1) is 11.5. The minimum absolute atomic E-state index is 0.177. The number of carbonyl (C=O) groups is 3. The Morgan fingerprint density at radius 3 is 2.75 bits per heavy atom. The first-order valence-corrected chi connectivity index (χ1v) is 8.45. The van der Waals surface area contributed by atoms with E-state index in [1.165, 1.54) is 0 Å². The predicted octanol–water partition coefficient (Wildman–Crippen LogP) is 2.03. The van der Waals surface area contributed by atoms with Crippen LogP contribution >= 0.6 is 27.7 Å². The zero-order valence-electron chi connectivity index (χ0n) is 12.1. The molecule has 0 bridgehead atoms. The molecular weight excluding hydrogens is 396 g/mol. The van der Waals surface area contributed by atoms with E-state index < -0.39 is 23.7 Å². The summed E-state index contributed by atoms with van der Waals surface area (Å²) in [6.07, 6.45) is 3.40.